The molecule has 102 valence electrons. The van der Waals surface area contributed by atoms with Crippen molar-refractivity contribution in [1.29, 1.82) is 0 Å². The van der Waals surface area contributed by atoms with Crippen molar-refractivity contribution >= 4 is 23.1 Å². The maximum absolute atomic E-state index is 12.4. The summed E-state index contributed by atoms with van der Waals surface area (Å²) in [5.41, 5.74) is 5.23. The predicted molar refractivity (Wildman–Crippen MR) is 76.4 cm³/mol. The third-order valence-corrected chi connectivity index (χ3v) is 4.84. The van der Waals surface area contributed by atoms with Crippen LogP contribution in [0.25, 0.3) is 0 Å². The largest absolute Gasteiger partial charge is 0.392 e. The third-order valence-electron chi connectivity index (χ3n) is 4.45. The van der Waals surface area contributed by atoms with Crippen LogP contribution in [0.1, 0.15) is 33.1 Å². The molecule has 1 heterocycles. The maximum atomic E-state index is 12.4. The molecule has 1 atom stereocenters. The van der Waals surface area contributed by atoms with E-state index in [1.54, 1.807) is 0 Å². The highest BCUT2D eigenvalue weighted by Crippen LogP contribution is 2.47. The Kier molecular flexibility index (Phi) is 3.92. The summed E-state index contributed by atoms with van der Waals surface area (Å²) < 4.78 is 0. The van der Waals surface area contributed by atoms with Crippen LogP contribution in [0, 0.1) is 5.41 Å². The zero-order valence-corrected chi connectivity index (χ0v) is 12.1. The fourth-order valence-corrected chi connectivity index (χ4v) is 2.91. The molecule has 0 aromatic rings. The molecule has 1 aliphatic carbocycles. The number of piperazine rings is 1. The van der Waals surface area contributed by atoms with Crippen LogP contribution in [0.3, 0.4) is 0 Å². The molecule has 2 rings (SSSR count). The Bertz CT molecular complexity index is 346. The van der Waals surface area contributed by atoms with Gasteiger partial charge in [-0.1, -0.05) is 19.1 Å². The van der Waals surface area contributed by atoms with Crippen molar-refractivity contribution in [3.8, 4) is 0 Å². The Morgan fingerprint density at radius 2 is 1.89 bits per heavy atom. The summed E-state index contributed by atoms with van der Waals surface area (Å²) in [5.74, 6) is 0.166. The summed E-state index contributed by atoms with van der Waals surface area (Å²) in [7, 11) is 0. The molecule has 1 aliphatic heterocycles. The quantitative estimate of drug-likeness (QED) is 0.774. The van der Waals surface area contributed by atoms with Gasteiger partial charge in [-0.3, -0.25) is 9.69 Å². The molecule has 0 spiro atoms. The molecule has 0 radical (unpaired) electrons. The number of carbonyl (C=O) groups is 1. The fraction of sp³-hybridized carbons (Fsp3) is 0.846. The normalized spacial score (nSPS) is 24.7. The number of carbonyl (C=O) groups excluding carboxylic acids is 1. The number of rotatable bonds is 4. The Hall–Kier alpha value is -0.680. The van der Waals surface area contributed by atoms with Gasteiger partial charge in [-0.2, -0.15) is 0 Å². The van der Waals surface area contributed by atoms with Crippen LogP contribution >= 0.6 is 12.2 Å². The van der Waals surface area contributed by atoms with Crippen LogP contribution < -0.4 is 5.73 Å². The molecule has 2 N–H and O–H groups in total. The molecule has 1 amide bonds. The molecule has 5 heteroatoms. The number of nitrogens with two attached hydrogens (primary N) is 1. The molecule has 1 unspecified atom stereocenters. The second-order valence-electron chi connectivity index (χ2n) is 5.53. The second kappa shape index (κ2) is 5.13. The highest BCUT2D eigenvalue weighted by Gasteiger charge is 2.54. The molecule has 0 bridgehead atoms. The van der Waals surface area contributed by atoms with E-state index in [9.17, 15) is 4.79 Å². The van der Waals surface area contributed by atoms with Gasteiger partial charge in [0.1, 0.15) is 0 Å². The summed E-state index contributed by atoms with van der Waals surface area (Å²) in [6, 6.07) is 0.604. The molecule has 1 saturated heterocycles. The van der Waals surface area contributed by atoms with Crippen LogP contribution in [-0.2, 0) is 4.79 Å². The van der Waals surface area contributed by atoms with Gasteiger partial charge in [0.25, 0.3) is 0 Å². The topological polar surface area (TPSA) is 49.6 Å². The van der Waals surface area contributed by atoms with Gasteiger partial charge in [0.05, 0.1) is 10.4 Å². The van der Waals surface area contributed by atoms with E-state index in [1.165, 1.54) is 0 Å². The zero-order valence-electron chi connectivity index (χ0n) is 11.3. The first kappa shape index (κ1) is 13.7. The van der Waals surface area contributed by atoms with E-state index >= 15 is 0 Å². The first-order valence-electron chi connectivity index (χ1n) is 6.84. The van der Waals surface area contributed by atoms with Gasteiger partial charge in [-0.25, -0.2) is 0 Å². The van der Waals surface area contributed by atoms with Crippen LogP contribution in [0.15, 0.2) is 0 Å². The number of thiocarbonyl (C=S) groups is 1. The number of hydrogen-bond donors (Lipinski definition) is 1. The van der Waals surface area contributed by atoms with E-state index in [1.807, 2.05) is 4.90 Å². The van der Waals surface area contributed by atoms with Crippen LogP contribution in [-0.4, -0.2) is 52.9 Å². The smallest absolute Gasteiger partial charge is 0.235 e. The average molecular weight is 269 g/mol. The van der Waals surface area contributed by atoms with Gasteiger partial charge in [0.2, 0.25) is 5.91 Å². The lowest BCUT2D eigenvalue weighted by atomic mass is 10.0. The minimum absolute atomic E-state index is 0.166. The number of nitrogens with zero attached hydrogens (tertiary/aromatic N) is 2. The van der Waals surface area contributed by atoms with Crippen molar-refractivity contribution in [2.75, 3.05) is 26.2 Å². The Morgan fingerprint density at radius 3 is 2.28 bits per heavy atom. The predicted octanol–water partition coefficient (Wildman–Crippen LogP) is 0.995. The molecule has 2 aliphatic rings. The van der Waals surface area contributed by atoms with Gasteiger partial charge in [0.15, 0.2) is 0 Å². The number of hydrogen-bond acceptors (Lipinski definition) is 3. The molecule has 0 aromatic carbocycles. The Balaban J connectivity index is 1.90. The molecule has 0 aromatic heterocycles. The fourth-order valence-electron chi connectivity index (χ4n) is 2.62. The monoisotopic (exact) mass is 269 g/mol. The van der Waals surface area contributed by atoms with E-state index < -0.39 is 5.41 Å². The van der Waals surface area contributed by atoms with E-state index in [-0.39, 0.29) is 5.91 Å². The van der Waals surface area contributed by atoms with Crippen molar-refractivity contribution in [2.45, 2.75) is 39.2 Å². The Morgan fingerprint density at radius 1 is 1.33 bits per heavy atom. The van der Waals surface area contributed by atoms with Gasteiger partial charge in [-0.05, 0) is 26.2 Å². The molecule has 18 heavy (non-hydrogen) atoms. The summed E-state index contributed by atoms with van der Waals surface area (Å²) >= 11 is 5.04. The van der Waals surface area contributed by atoms with E-state index in [2.05, 4.69) is 18.7 Å². The van der Waals surface area contributed by atoms with E-state index in [4.69, 9.17) is 18.0 Å². The minimum Gasteiger partial charge on any atom is -0.392 e. The molecule has 2 fully saturated rings. The standard InChI is InChI=1S/C13H23N3OS/c1-3-10(2)15-6-8-16(9-7-15)12(17)13(4-5-13)11(14)18/h10H,3-9H2,1-2H3,(H2,14,18). The lowest BCUT2D eigenvalue weighted by Crippen LogP contribution is -2.54. The van der Waals surface area contributed by atoms with E-state index in [0.29, 0.717) is 11.0 Å². The Labute approximate surface area is 114 Å². The molecule has 1 saturated carbocycles. The first-order valence-corrected chi connectivity index (χ1v) is 7.25. The number of amides is 1. The van der Waals surface area contributed by atoms with Crippen molar-refractivity contribution in [3.63, 3.8) is 0 Å². The average Bonchev–Trinajstić information content (AvgIpc) is 3.18. The molecular formula is C13H23N3OS. The lowest BCUT2D eigenvalue weighted by molar-refractivity contribution is -0.136. The summed E-state index contributed by atoms with van der Waals surface area (Å²) in [4.78, 5) is 17.2. The van der Waals surface area contributed by atoms with Gasteiger partial charge >= 0.3 is 0 Å². The van der Waals surface area contributed by atoms with Gasteiger partial charge < -0.3 is 10.6 Å². The highest BCUT2D eigenvalue weighted by atomic mass is 32.1. The van der Waals surface area contributed by atoms with Crippen molar-refractivity contribution in [1.82, 2.24) is 9.80 Å². The highest BCUT2D eigenvalue weighted by molar-refractivity contribution is 7.80. The first-order chi connectivity index (χ1) is 8.51. The summed E-state index contributed by atoms with van der Waals surface area (Å²) in [6.07, 6.45) is 2.84. The molecular weight excluding hydrogens is 246 g/mol. The van der Waals surface area contributed by atoms with Crippen molar-refractivity contribution in [2.24, 2.45) is 11.1 Å². The minimum atomic E-state index is -0.478. The summed E-state index contributed by atoms with van der Waals surface area (Å²) in [6.45, 7) is 8.01. The van der Waals surface area contributed by atoms with Gasteiger partial charge in [-0.15, -0.1) is 0 Å². The van der Waals surface area contributed by atoms with Crippen LogP contribution in [0.2, 0.25) is 0 Å². The lowest BCUT2D eigenvalue weighted by Gasteiger charge is -2.39. The van der Waals surface area contributed by atoms with Gasteiger partial charge in [0, 0.05) is 32.2 Å². The SMILES string of the molecule is CCC(C)N1CCN(C(=O)C2(C(N)=S)CC2)CC1. The van der Waals surface area contributed by atoms with Crippen molar-refractivity contribution < 1.29 is 4.79 Å². The van der Waals surface area contributed by atoms with Crippen molar-refractivity contribution in [3.05, 3.63) is 0 Å². The summed E-state index contributed by atoms with van der Waals surface area (Å²) in [5, 5.41) is 0. The maximum Gasteiger partial charge on any atom is 0.235 e. The third kappa shape index (κ3) is 2.38. The second-order valence-corrected chi connectivity index (χ2v) is 5.97. The van der Waals surface area contributed by atoms with Crippen LogP contribution in [0.4, 0.5) is 0 Å². The zero-order chi connectivity index (χ0) is 13.3. The van der Waals surface area contributed by atoms with E-state index in [0.717, 1.165) is 45.4 Å². The molecule has 4 nitrogen and oxygen atoms in total. The van der Waals surface area contributed by atoms with Crippen LogP contribution in [0.5, 0.6) is 0 Å².